The Labute approximate surface area is 76.7 Å². The third-order valence-electron chi connectivity index (χ3n) is 1.17. The van der Waals surface area contributed by atoms with E-state index in [1.165, 1.54) is 0 Å². The van der Waals surface area contributed by atoms with Gasteiger partial charge in [0.05, 0.1) is 25.4 Å². The molecule has 0 spiro atoms. The average Bonchev–Trinajstić information content (AvgIpc) is 2.12. The van der Waals surface area contributed by atoms with Crippen molar-refractivity contribution in [3.63, 3.8) is 0 Å². The molecule has 0 aliphatic carbocycles. The lowest BCUT2D eigenvalue weighted by atomic mass is 10.3. The highest BCUT2D eigenvalue weighted by molar-refractivity contribution is 5.87. The molecule has 5 heteroatoms. The van der Waals surface area contributed by atoms with Crippen LogP contribution in [0.1, 0.15) is 6.92 Å². The van der Waals surface area contributed by atoms with Crippen molar-refractivity contribution in [3.8, 4) is 0 Å². The van der Waals surface area contributed by atoms with Crippen LogP contribution in [0.15, 0.2) is 17.3 Å². The molecule has 0 unspecified atom stereocenters. The van der Waals surface area contributed by atoms with Crippen molar-refractivity contribution in [2.45, 2.75) is 6.92 Å². The molecule has 0 aromatic rings. The van der Waals surface area contributed by atoms with Gasteiger partial charge in [-0.05, 0) is 6.92 Å². The van der Waals surface area contributed by atoms with E-state index in [9.17, 15) is 9.70 Å². The minimum Gasteiger partial charge on any atom is -0.463 e. The fourth-order valence-corrected chi connectivity index (χ4v) is 0.589. The molecule has 0 N–H and O–H groups in total. The number of ether oxygens (including phenoxy) is 2. The van der Waals surface area contributed by atoms with Gasteiger partial charge in [0, 0.05) is 0 Å². The smallest absolute Gasteiger partial charge is 0.335 e. The van der Waals surface area contributed by atoms with E-state index in [0.29, 0.717) is 6.61 Å². The maximum atomic E-state index is 10.9. The fourth-order valence-electron chi connectivity index (χ4n) is 0.589. The van der Waals surface area contributed by atoms with Crippen LogP contribution in [-0.2, 0) is 14.3 Å². The van der Waals surface area contributed by atoms with Crippen LogP contribution in [0.3, 0.4) is 0 Å². The Morgan fingerprint density at radius 3 is 2.77 bits per heavy atom. The van der Waals surface area contributed by atoms with Crippen molar-refractivity contribution in [2.75, 3.05) is 26.4 Å². The Morgan fingerprint density at radius 1 is 1.54 bits per heavy atom. The SMILES string of the molecule is C=C(COCCN=O)C(=O)OCC. The third-order valence-corrected chi connectivity index (χ3v) is 1.17. The average molecular weight is 187 g/mol. The second kappa shape index (κ2) is 7.42. The number of hydrogen-bond donors (Lipinski definition) is 0. The number of hydrogen-bond acceptors (Lipinski definition) is 5. The first-order valence-electron chi connectivity index (χ1n) is 3.94. The first-order chi connectivity index (χ1) is 6.22. The van der Waals surface area contributed by atoms with E-state index in [1.807, 2.05) is 0 Å². The van der Waals surface area contributed by atoms with Crippen molar-refractivity contribution < 1.29 is 14.3 Å². The number of nitroso groups, excluding NO2 is 1. The van der Waals surface area contributed by atoms with Gasteiger partial charge < -0.3 is 9.47 Å². The van der Waals surface area contributed by atoms with Crippen molar-refractivity contribution in [3.05, 3.63) is 17.1 Å². The summed E-state index contributed by atoms with van der Waals surface area (Å²) in [6, 6.07) is 0. The molecule has 0 amide bonds. The van der Waals surface area contributed by atoms with Crippen molar-refractivity contribution in [1.82, 2.24) is 0 Å². The predicted molar refractivity (Wildman–Crippen MR) is 47.3 cm³/mol. The molecular weight excluding hydrogens is 174 g/mol. The molecule has 0 aliphatic heterocycles. The number of carbonyl (C=O) groups excluding carboxylic acids is 1. The van der Waals surface area contributed by atoms with Gasteiger partial charge in [0.1, 0.15) is 6.54 Å². The van der Waals surface area contributed by atoms with E-state index < -0.39 is 5.97 Å². The molecule has 0 saturated heterocycles. The van der Waals surface area contributed by atoms with E-state index >= 15 is 0 Å². The summed E-state index contributed by atoms with van der Waals surface area (Å²) in [5.41, 5.74) is 0.243. The standard InChI is InChI=1S/C8H13NO4/c1-3-13-8(10)7(2)6-12-5-4-9-11/h2-6H2,1H3. The number of esters is 1. The summed E-state index contributed by atoms with van der Waals surface area (Å²) in [5.74, 6) is -0.471. The molecule has 0 radical (unpaired) electrons. The zero-order chi connectivity index (χ0) is 10.1. The first kappa shape index (κ1) is 11.8. The first-order valence-corrected chi connectivity index (χ1v) is 3.94. The van der Waals surface area contributed by atoms with Crippen LogP contribution in [0.5, 0.6) is 0 Å². The van der Waals surface area contributed by atoms with E-state index in [1.54, 1.807) is 6.92 Å². The Hall–Kier alpha value is -1.23. The molecule has 13 heavy (non-hydrogen) atoms. The van der Waals surface area contributed by atoms with Crippen molar-refractivity contribution >= 4 is 5.97 Å². The quantitative estimate of drug-likeness (QED) is 0.257. The van der Waals surface area contributed by atoms with Crippen LogP contribution < -0.4 is 0 Å². The molecule has 0 aromatic heterocycles. The lowest BCUT2D eigenvalue weighted by molar-refractivity contribution is -0.139. The van der Waals surface area contributed by atoms with Crippen molar-refractivity contribution in [1.29, 1.82) is 0 Å². The molecule has 0 saturated carbocycles. The summed E-state index contributed by atoms with van der Waals surface area (Å²) in [6.45, 7) is 5.84. The van der Waals surface area contributed by atoms with Gasteiger partial charge in [-0.3, -0.25) is 0 Å². The van der Waals surface area contributed by atoms with Crippen LogP contribution >= 0.6 is 0 Å². The molecule has 0 bridgehead atoms. The Kier molecular flexibility index (Phi) is 6.72. The molecule has 0 rings (SSSR count). The van der Waals surface area contributed by atoms with E-state index in [2.05, 4.69) is 16.5 Å². The predicted octanol–water partition coefficient (Wildman–Crippen LogP) is 0.889. The molecular formula is C8H13NO4. The highest BCUT2D eigenvalue weighted by Crippen LogP contribution is 1.95. The number of rotatable bonds is 7. The number of nitrogens with zero attached hydrogens (tertiary/aromatic N) is 1. The van der Waals surface area contributed by atoms with Gasteiger partial charge in [0.15, 0.2) is 0 Å². The summed E-state index contributed by atoms with van der Waals surface area (Å²) in [6.07, 6.45) is 0. The van der Waals surface area contributed by atoms with Gasteiger partial charge in [0.25, 0.3) is 0 Å². The zero-order valence-electron chi connectivity index (χ0n) is 7.62. The maximum absolute atomic E-state index is 10.9. The maximum Gasteiger partial charge on any atom is 0.335 e. The van der Waals surface area contributed by atoms with Gasteiger partial charge in [-0.15, -0.1) is 0 Å². The Bertz CT molecular complexity index is 191. The summed E-state index contributed by atoms with van der Waals surface area (Å²) in [7, 11) is 0. The van der Waals surface area contributed by atoms with Crippen LogP contribution in [0.25, 0.3) is 0 Å². The fraction of sp³-hybridized carbons (Fsp3) is 0.625. The molecule has 74 valence electrons. The van der Waals surface area contributed by atoms with Gasteiger partial charge in [-0.25, -0.2) is 4.79 Å². The summed E-state index contributed by atoms with van der Waals surface area (Å²) >= 11 is 0. The second-order valence-electron chi connectivity index (χ2n) is 2.23. The minimum atomic E-state index is -0.471. The highest BCUT2D eigenvalue weighted by Gasteiger charge is 2.06. The lowest BCUT2D eigenvalue weighted by Crippen LogP contribution is -2.12. The molecule has 5 nitrogen and oxygen atoms in total. The van der Waals surface area contributed by atoms with Gasteiger partial charge in [-0.1, -0.05) is 11.8 Å². The second-order valence-corrected chi connectivity index (χ2v) is 2.23. The van der Waals surface area contributed by atoms with E-state index in [-0.39, 0.29) is 25.3 Å². The number of carbonyl (C=O) groups is 1. The molecule has 0 fully saturated rings. The molecule has 0 atom stereocenters. The highest BCUT2D eigenvalue weighted by atomic mass is 16.5. The Balaban J connectivity index is 3.50. The van der Waals surface area contributed by atoms with Crippen LogP contribution in [0.4, 0.5) is 0 Å². The summed E-state index contributed by atoms with van der Waals surface area (Å²) in [5, 5.41) is 2.59. The zero-order valence-corrected chi connectivity index (χ0v) is 7.62. The van der Waals surface area contributed by atoms with Crippen LogP contribution in [-0.4, -0.2) is 32.3 Å². The molecule has 0 aliphatic rings. The third kappa shape index (κ3) is 5.98. The summed E-state index contributed by atoms with van der Waals surface area (Å²) < 4.78 is 9.57. The minimum absolute atomic E-state index is 0.0777. The molecule has 0 aromatic carbocycles. The van der Waals surface area contributed by atoms with E-state index in [4.69, 9.17) is 4.74 Å². The largest absolute Gasteiger partial charge is 0.463 e. The van der Waals surface area contributed by atoms with Gasteiger partial charge >= 0.3 is 5.97 Å². The van der Waals surface area contributed by atoms with Crippen LogP contribution in [0, 0.1) is 4.91 Å². The monoisotopic (exact) mass is 187 g/mol. The van der Waals surface area contributed by atoms with Crippen LogP contribution in [0.2, 0.25) is 0 Å². The summed E-state index contributed by atoms with van der Waals surface area (Å²) in [4.78, 5) is 20.6. The molecule has 0 heterocycles. The topological polar surface area (TPSA) is 65.0 Å². The van der Waals surface area contributed by atoms with Gasteiger partial charge in [0.2, 0.25) is 0 Å². The lowest BCUT2D eigenvalue weighted by Gasteiger charge is -2.04. The van der Waals surface area contributed by atoms with Crippen molar-refractivity contribution in [2.24, 2.45) is 5.18 Å². The normalized spacial score (nSPS) is 9.31. The van der Waals surface area contributed by atoms with E-state index in [0.717, 1.165) is 0 Å². The Morgan fingerprint density at radius 2 is 2.23 bits per heavy atom. The van der Waals surface area contributed by atoms with Gasteiger partial charge in [-0.2, -0.15) is 4.91 Å².